The summed E-state index contributed by atoms with van der Waals surface area (Å²) >= 11 is 6.44. The highest BCUT2D eigenvalue weighted by Gasteiger charge is 2.31. The number of aliphatic hydroxyl groups is 1. The number of hydrogen-bond acceptors (Lipinski definition) is 7. The molecule has 3 aromatic carbocycles. The van der Waals surface area contributed by atoms with Crippen LogP contribution < -0.4 is 14.2 Å². The van der Waals surface area contributed by atoms with E-state index in [9.17, 15) is 23.1 Å². The number of benzene rings is 3. The zero-order valence-electron chi connectivity index (χ0n) is 26.0. The third-order valence-corrected chi connectivity index (χ3v) is 7.69. The largest absolute Gasteiger partial charge is 0.573 e. The van der Waals surface area contributed by atoms with Gasteiger partial charge in [-0.15, -0.1) is 13.2 Å². The molecule has 0 aliphatic heterocycles. The Morgan fingerprint density at radius 1 is 0.935 bits per heavy atom. The summed E-state index contributed by atoms with van der Waals surface area (Å²) < 4.78 is 58.6. The molecule has 0 saturated heterocycles. The normalized spacial score (nSPS) is 12.2. The van der Waals surface area contributed by atoms with Crippen LogP contribution in [0.1, 0.15) is 70.1 Å². The second kappa shape index (κ2) is 16.0. The molecule has 1 heterocycles. The van der Waals surface area contributed by atoms with Crippen molar-refractivity contribution in [3.8, 4) is 34.1 Å². The average Bonchev–Trinajstić information content (AvgIpc) is 3.00. The molecule has 4 rings (SSSR count). The van der Waals surface area contributed by atoms with Crippen LogP contribution >= 0.6 is 11.6 Å². The number of aromatic nitrogens is 1. The van der Waals surface area contributed by atoms with Gasteiger partial charge in [0, 0.05) is 21.7 Å². The van der Waals surface area contributed by atoms with E-state index in [-0.39, 0.29) is 29.2 Å². The van der Waals surface area contributed by atoms with Crippen molar-refractivity contribution in [1.82, 2.24) is 4.98 Å². The number of carbonyl (C=O) groups is 1. The van der Waals surface area contributed by atoms with Crippen molar-refractivity contribution in [2.24, 2.45) is 0 Å². The van der Waals surface area contributed by atoms with E-state index in [0.717, 1.165) is 37.8 Å². The molecule has 0 fully saturated rings. The molecule has 1 aromatic heterocycles. The number of unbranched alkanes of at least 4 members (excludes halogenated alkanes) is 5. The molecule has 7 nitrogen and oxygen atoms in total. The molecule has 1 atom stereocenters. The molecule has 0 aliphatic rings. The number of pyridine rings is 1. The Balaban J connectivity index is 1.57. The first kappa shape index (κ1) is 34.8. The van der Waals surface area contributed by atoms with Gasteiger partial charge in [-0.25, -0.2) is 4.79 Å². The number of halogens is 4. The fraction of sp³-hybridized carbons (Fsp3) is 0.371. The van der Waals surface area contributed by atoms with Crippen molar-refractivity contribution in [2.75, 3.05) is 0 Å². The Bertz CT molecular complexity index is 1610. The van der Waals surface area contributed by atoms with Crippen LogP contribution in [0.25, 0.3) is 22.0 Å². The first-order valence-electron chi connectivity index (χ1n) is 15.2. The average molecular weight is 660 g/mol. The highest BCUT2D eigenvalue weighted by atomic mass is 35.5. The van der Waals surface area contributed by atoms with Crippen LogP contribution in [0.4, 0.5) is 18.0 Å². The summed E-state index contributed by atoms with van der Waals surface area (Å²) in [5, 5.41) is 10.5. The minimum atomic E-state index is -4.79. The molecule has 4 aromatic rings. The van der Waals surface area contributed by atoms with Crippen LogP contribution in [-0.4, -0.2) is 28.7 Å². The fourth-order valence-corrected chi connectivity index (χ4v) is 5.28. The molecule has 0 bridgehead atoms. The van der Waals surface area contributed by atoms with Crippen molar-refractivity contribution in [2.45, 2.75) is 84.8 Å². The highest BCUT2D eigenvalue weighted by molar-refractivity contribution is 6.32. The summed E-state index contributed by atoms with van der Waals surface area (Å²) in [6, 6.07) is 15.1. The smallest absolute Gasteiger partial charge is 0.457 e. The van der Waals surface area contributed by atoms with Gasteiger partial charge in [0.2, 0.25) is 0 Å². The maximum absolute atomic E-state index is 13.1. The summed E-state index contributed by atoms with van der Waals surface area (Å²) in [4.78, 5) is 17.8. The lowest BCUT2D eigenvalue weighted by Gasteiger charge is -2.18. The Morgan fingerprint density at radius 3 is 2.17 bits per heavy atom. The number of nitrogens with zero attached hydrogens (tertiary/aromatic N) is 1. The molecule has 46 heavy (non-hydrogen) atoms. The Kier molecular flexibility index (Phi) is 12.1. The van der Waals surface area contributed by atoms with Gasteiger partial charge in [0.1, 0.15) is 23.4 Å². The zero-order valence-corrected chi connectivity index (χ0v) is 26.7. The summed E-state index contributed by atoms with van der Waals surface area (Å²) in [7, 11) is 0. The lowest BCUT2D eigenvalue weighted by atomic mass is 9.99. The third kappa shape index (κ3) is 9.74. The minimum Gasteiger partial charge on any atom is -0.457 e. The van der Waals surface area contributed by atoms with E-state index in [1.807, 2.05) is 6.92 Å². The standard InChI is InChI=1S/C35H37ClF3NO6/c1-4-5-6-7-8-9-10-22(2)43-34(42)45-33-29-20-30(36)25(21-41)19-31(29)40-23(3)32(33)24-11-13-26(14-12-24)44-27-15-17-28(18-16-27)46-35(37,38)39/h11-20,22,41H,4-10,21H2,1-3H3. The van der Waals surface area contributed by atoms with E-state index in [0.29, 0.717) is 44.8 Å². The van der Waals surface area contributed by atoms with E-state index in [1.54, 1.807) is 43.3 Å². The van der Waals surface area contributed by atoms with Crippen LogP contribution in [0.2, 0.25) is 5.02 Å². The third-order valence-electron chi connectivity index (χ3n) is 7.34. The van der Waals surface area contributed by atoms with Crippen molar-refractivity contribution >= 4 is 28.7 Å². The van der Waals surface area contributed by atoms with Crippen molar-refractivity contribution < 1.29 is 42.0 Å². The number of hydrogen-bond donors (Lipinski definition) is 1. The van der Waals surface area contributed by atoms with Gasteiger partial charge in [-0.05, 0) is 86.3 Å². The Morgan fingerprint density at radius 2 is 1.54 bits per heavy atom. The SMILES string of the molecule is CCCCCCCCC(C)OC(=O)Oc1c(-c2ccc(Oc3ccc(OC(F)(F)F)cc3)cc2)c(C)nc2cc(CO)c(Cl)cc12. The van der Waals surface area contributed by atoms with Crippen LogP contribution in [0.5, 0.6) is 23.0 Å². The van der Waals surface area contributed by atoms with Gasteiger partial charge in [0.05, 0.1) is 12.1 Å². The first-order chi connectivity index (χ1) is 22.0. The summed E-state index contributed by atoms with van der Waals surface area (Å²) in [5.41, 5.74) is 2.69. The topological polar surface area (TPSA) is 87.1 Å². The number of carbonyl (C=O) groups excluding carboxylic acids is 1. The predicted octanol–water partition coefficient (Wildman–Crippen LogP) is 10.7. The Labute approximate surface area is 271 Å². The number of aryl methyl sites for hydroxylation is 1. The van der Waals surface area contributed by atoms with E-state index >= 15 is 0 Å². The van der Waals surface area contributed by atoms with Crippen LogP contribution in [0.3, 0.4) is 0 Å². The van der Waals surface area contributed by atoms with Gasteiger partial charge in [0.25, 0.3) is 0 Å². The highest BCUT2D eigenvalue weighted by Crippen LogP contribution is 2.41. The monoisotopic (exact) mass is 659 g/mol. The van der Waals surface area contributed by atoms with Crippen molar-refractivity contribution in [3.05, 3.63) is 76.9 Å². The first-order valence-corrected chi connectivity index (χ1v) is 15.6. The molecule has 0 amide bonds. The second-order valence-corrected chi connectivity index (χ2v) is 11.4. The van der Waals surface area contributed by atoms with Crippen molar-refractivity contribution in [1.29, 1.82) is 0 Å². The minimum absolute atomic E-state index is 0.208. The molecule has 0 spiro atoms. The van der Waals surface area contributed by atoms with Crippen LogP contribution in [0, 0.1) is 6.92 Å². The lowest BCUT2D eigenvalue weighted by molar-refractivity contribution is -0.274. The number of alkyl halides is 3. The van der Waals surface area contributed by atoms with Crippen LogP contribution in [-0.2, 0) is 11.3 Å². The molecule has 246 valence electrons. The van der Waals surface area contributed by atoms with Crippen molar-refractivity contribution in [3.63, 3.8) is 0 Å². The number of ether oxygens (including phenoxy) is 4. The second-order valence-electron chi connectivity index (χ2n) is 11.0. The molecule has 1 unspecified atom stereocenters. The Hall–Kier alpha value is -4.02. The van der Waals surface area contributed by atoms with Gasteiger partial charge in [-0.1, -0.05) is 62.8 Å². The molecular weight excluding hydrogens is 623 g/mol. The lowest BCUT2D eigenvalue weighted by Crippen LogP contribution is -2.19. The number of fused-ring (bicyclic) bond motifs is 1. The van der Waals surface area contributed by atoms with Gasteiger partial charge in [-0.3, -0.25) is 4.98 Å². The summed E-state index contributed by atoms with van der Waals surface area (Å²) in [6.07, 6.45) is 1.51. The van der Waals surface area contributed by atoms with Crippen LogP contribution in [0.15, 0.2) is 60.7 Å². The quantitative estimate of drug-likeness (QED) is 0.106. The number of aliphatic hydroxyl groups excluding tert-OH is 1. The molecule has 0 radical (unpaired) electrons. The molecule has 0 saturated carbocycles. The molecule has 11 heteroatoms. The van der Waals surface area contributed by atoms with Gasteiger partial charge >= 0.3 is 12.5 Å². The maximum atomic E-state index is 13.1. The van der Waals surface area contributed by atoms with Gasteiger partial charge in [-0.2, -0.15) is 0 Å². The van der Waals surface area contributed by atoms with E-state index in [2.05, 4.69) is 11.7 Å². The molecule has 0 aliphatic carbocycles. The van der Waals surface area contributed by atoms with E-state index < -0.39 is 12.5 Å². The number of rotatable bonds is 14. The maximum Gasteiger partial charge on any atom is 0.573 e. The summed E-state index contributed by atoms with van der Waals surface area (Å²) in [5.74, 6) is 0.575. The van der Waals surface area contributed by atoms with E-state index in [4.69, 9.17) is 30.8 Å². The van der Waals surface area contributed by atoms with Gasteiger partial charge < -0.3 is 24.1 Å². The van der Waals surface area contributed by atoms with E-state index in [1.165, 1.54) is 31.4 Å². The molecule has 1 N–H and O–H groups in total. The molecular formula is C35H37ClF3NO6. The van der Waals surface area contributed by atoms with Gasteiger partial charge in [0.15, 0.2) is 5.75 Å². The predicted molar refractivity (Wildman–Crippen MR) is 171 cm³/mol. The zero-order chi connectivity index (χ0) is 33.3. The fourth-order valence-electron chi connectivity index (χ4n) is 5.06. The summed E-state index contributed by atoms with van der Waals surface area (Å²) in [6.45, 7) is 5.50.